The summed E-state index contributed by atoms with van der Waals surface area (Å²) in [5, 5.41) is 0. The third-order valence-corrected chi connectivity index (χ3v) is 4.62. The number of methoxy groups -OCH3 is 1. The predicted octanol–water partition coefficient (Wildman–Crippen LogP) is 4.94. The van der Waals surface area contributed by atoms with Crippen LogP contribution in [0, 0.1) is 5.92 Å². The van der Waals surface area contributed by atoms with Crippen molar-refractivity contribution < 1.29 is 9.53 Å². The third-order valence-electron chi connectivity index (χ3n) is 4.62. The van der Waals surface area contributed by atoms with Crippen LogP contribution in [-0.2, 0) is 11.2 Å². The van der Waals surface area contributed by atoms with Gasteiger partial charge in [-0.25, -0.2) is 0 Å². The zero-order chi connectivity index (χ0) is 16.8. The molecule has 0 unspecified atom stereocenters. The Morgan fingerprint density at radius 1 is 1.12 bits per heavy atom. The molecule has 0 fully saturated rings. The predicted molar refractivity (Wildman–Crippen MR) is 98.9 cm³/mol. The van der Waals surface area contributed by atoms with E-state index in [9.17, 15) is 4.79 Å². The van der Waals surface area contributed by atoms with Crippen LogP contribution in [0.5, 0.6) is 5.75 Å². The number of aryl methyl sites for hydroxylation is 1. The summed E-state index contributed by atoms with van der Waals surface area (Å²) in [5.41, 5.74) is 4.92. The number of rotatable bonds is 5. The van der Waals surface area contributed by atoms with Gasteiger partial charge in [-0.3, -0.25) is 4.79 Å². The summed E-state index contributed by atoms with van der Waals surface area (Å²) in [6, 6.07) is 16.4. The van der Waals surface area contributed by atoms with Gasteiger partial charge in [0.1, 0.15) is 12.0 Å². The summed E-state index contributed by atoms with van der Waals surface area (Å²) < 4.78 is 5.18. The minimum absolute atomic E-state index is 0.402. The molecule has 0 N–H and O–H groups in total. The summed E-state index contributed by atoms with van der Waals surface area (Å²) in [7, 11) is 1.67. The first kappa shape index (κ1) is 16.3. The van der Waals surface area contributed by atoms with Crippen LogP contribution in [0.3, 0.4) is 0 Å². The van der Waals surface area contributed by atoms with Crippen LogP contribution in [0.1, 0.15) is 29.5 Å². The normalized spacial score (nSPS) is 18.5. The van der Waals surface area contributed by atoms with Crippen LogP contribution in [-0.4, -0.2) is 13.4 Å². The van der Waals surface area contributed by atoms with Crippen LogP contribution in [0.2, 0.25) is 0 Å². The molecule has 1 aliphatic rings. The second-order valence-electron chi connectivity index (χ2n) is 6.06. The van der Waals surface area contributed by atoms with Crippen molar-refractivity contribution in [2.75, 3.05) is 7.11 Å². The maximum atomic E-state index is 11.1. The molecule has 1 atom stereocenters. The number of ether oxygens (including phenoxy) is 1. The lowest BCUT2D eigenvalue weighted by molar-refractivity contribution is -0.104. The Morgan fingerprint density at radius 3 is 2.67 bits per heavy atom. The average molecular weight is 318 g/mol. The largest absolute Gasteiger partial charge is 0.497 e. The van der Waals surface area contributed by atoms with Gasteiger partial charge in [-0.05, 0) is 65.7 Å². The number of allylic oxidation sites excluding steroid dienone is 3. The fraction of sp³-hybridized carbons (Fsp3) is 0.227. The molecule has 24 heavy (non-hydrogen) atoms. The van der Waals surface area contributed by atoms with Crippen molar-refractivity contribution in [2.45, 2.75) is 19.3 Å². The standard InChI is InChI=1S/C22H22O2/c1-24-20-13-9-17(10-14-20)5-4-7-19-12-11-18-6-2-3-8-21(18)22(19)15-16-23/h2-6,8-10,13-16,19H,7,11-12H2,1H3/b5-4+,22-15+/t19-/m1/s1. The van der Waals surface area contributed by atoms with Crippen LogP contribution in [0.4, 0.5) is 0 Å². The SMILES string of the molecule is COc1ccc(/C=C/C[C@@H]2CCc3ccccc3/C2=C/C=O)cc1. The fourth-order valence-corrected chi connectivity index (χ4v) is 3.35. The maximum absolute atomic E-state index is 11.1. The van der Waals surface area contributed by atoms with Crippen molar-refractivity contribution in [3.8, 4) is 5.75 Å². The first-order valence-electron chi connectivity index (χ1n) is 8.36. The van der Waals surface area contributed by atoms with Crippen molar-refractivity contribution >= 4 is 17.9 Å². The minimum atomic E-state index is 0.402. The summed E-state index contributed by atoms with van der Waals surface area (Å²) in [4.78, 5) is 11.1. The van der Waals surface area contributed by atoms with Crippen LogP contribution < -0.4 is 4.74 Å². The molecule has 0 aromatic heterocycles. The Morgan fingerprint density at radius 2 is 1.92 bits per heavy atom. The quantitative estimate of drug-likeness (QED) is 0.576. The van der Waals surface area contributed by atoms with Gasteiger partial charge < -0.3 is 4.74 Å². The molecule has 0 saturated carbocycles. The Kier molecular flexibility index (Phi) is 5.27. The van der Waals surface area contributed by atoms with E-state index in [4.69, 9.17) is 4.74 Å². The van der Waals surface area contributed by atoms with Crippen molar-refractivity contribution in [1.82, 2.24) is 0 Å². The Labute approximate surface area is 143 Å². The highest BCUT2D eigenvalue weighted by molar-refractivity contribution is 5.84. The molecular weight excluding hydrogens is 296 g/mol. The van der Waals surface area contributed by atoms with E-state index in [1.165, 1.54) is 16.7 Å². The van der Waals surface area contributed by atoms with E-state index in [0.29, 0.717) is 5.92 Å². The van der Waals surface area contributed by atoms with Gasteiger partial charge in [0.05, 0.1) is 7.11 Å². The molecule has 0 aliphatic heterocycles. The van der Waals surface area contributed by atoms with Crippen molar-refractivity contribution in [1.29, 1.82) is 0 Å². The van der Waals surface area contributed by atoms with Gasteiger partial charge in [0.15, 0.2) is 0 Å². The summed E-state index contributed by atoms with van der Waals surface area (Å²) in [6.45, 7) is 0. The zero-order valence-electron chi connectivity index (χ0n) is 13.9. The maximum Gasteiger partial charge on any atom is 0.143 e. The number of benzene rings is 2. The molecule has 0 saturated heterocycles. The molecule has 3 rings (SSSR count). The molecule has 0 amide bonds. The topological polar surface area (TPSA) is 26.3 Å². The van der Waals surface area contributed by atoms with Gasteiger partial charge >= 0.3 is 0 Å². The average Bonchev–Trinajstić information content (AvgIpc) is 2.64. The van der Waals surface area contributed by atoms with Gasteiger partial charge in [-0.1, -0.05) is 48.6 Å². The lowest BCUT2D eigenvalue weighted by atomic mass is 9.78. The third kappa shape index (κ3) is 3.65. The molecule has 122 valence electrons. The van der Waals surface area contributed by atoms with E-state index in [1.54, 1.807) is 13.2 Å². The second kappa shape index (κ2) is 7.78. The fourth-order valence-electron chi connectivity index (χ4n) is 3.35. The monoisotopic (exact) mass is 318 g/mol. The molecule has 0 heterocycles. The van der Waals surface area contributed by atoms with Crippen molar-refractivity contribution in [3.63, 3.8) is 0 Å². The summed E-state index contributed by atoms with van der Waals surface area (Å²) in [5.74, 6) is 1.27. The Bertz CT molecular complexity index is 754. The van der Waals surface area contributed by atoms with E-state index in [2.05, 4.69) is 30.4 Å². The lowest BCUT2D eigenvalue weighted by Gasteiger charge is -2.27. The number of fused-ring (bicyclic) bond motifs is 1. The Balaban J connectivity index is 1.73. The summed E-state index contributed by atoms with van der Waals surface area (Å²) >= 11 is 0. The smallest absolute Gasteiger partial charge is 0.143 e. The molecule has 2 heteroatoms. The van der Waals surface area contributed by atoms with E-state index < -0.39 is 0 Å². The van der Waals surface area contributed by atoms with E-state index in [-0.39, 0.29) is 0 Å². The van der Waals surface area contributed by atoms with Crippen molar-refractivity contribution in [2.24, 2.45) is 5.92 Å². The molecule has 0 bridgehead atoms. The summed E-state index contributed by atoms with van der Waals surface area (Å²) in [6.07, 6.45) is 10.1. The number of aldehydes is 1. The van der Waals surface area contributed by atoms with Gasteiger partial charge in [-0.15, -0.1) is 0 Å². The van der Waals surface area contributed by atoms with E-state index in [0.717, 1.165) is 36.9 Å². The molecular formula is C22H22O2. The van der Waals surface area contributed by atoms with Gasteiger partial charge in [-0.2, -0.15) is 0 Å². The number of hydrogen-bond acceptors (Lipinski definition) is 2. The molecule has 2 aromatic carbocycles. The van der Waals surface area contributed by atoms with Crippen LogP contribution in [0.25, 0.3) is 11.6 Å². The minimum Gasteiger partial charge on any atom is -0.497 e. The number of carbonyl (C=O) groups excluding carboxylic acids is 1. The molecule has 1 aliphatic carbocycles. The number of carbonyl (C=O) groups is 1. The lowest BCUT2D eigenvalue weighted by Crippen LogP contribution is -2.13. The van der Waals surface area contributed by atoms with Crippen LogP contribution >= 0.6 is 0 Å². The highest BCUT2D eigenvalue weighted by Gasteiger charge is 2.22. The second-order valence-corrected chi connectivity index (χ2v) is 6.06. The molecule has 2 nitrogen and oxygen atoms in total. The highest BCUT2D eigenvalue weighted by Crippen LogP contribution is 2.37. The molecule has 0 spiro atoms. The van der Waals surface area contributed by atoms with Gasteiger partial charge in [0.25, 0.3) is 0 Å². The molecule has 0 radical (unpaired) electrons. The molecule has 2 aromatic rings. The highest BCUT2D eigenvalue weighted by atomic mass is 16.5. The van der Waals surface area contributed by atoms with Gasteiger partial charge in [0.2, 0.25) is 0 Å². The van der Waals surface area contributed by atoms with Crippen LogP contribution in [0.15, 0.2) is 60.7 Å². The Hall–Kier alpha value is -2.61. The zero-order valence-corrected chi connectivity index (χ0v) is 13.9. The van der Waals surface area contributed by atoms with E-state index >= 15 is 0 Å². The first-order valence-corrected chi connectivity index (χ1v) is 8.36. The first-order chi connectivity index (χ1) is 11.8. The van der Waals surface area contributed by atoms with Gasteiger partial charge in [0, 0.05) is 0 Å². The number of hydrogen-bond donors (Lipinski definition) is 0. The van der Waals surface area contributed by atoms with E-state index in [1.807, 2.05) is 30.3 Å². The van der Waals surface area contributed by atoms with Crippen molar-refractivity contribution in [3.05, 3.63) is 77.4 Å².